The molecular weight excluding hydrogens is 528 g/mol. The van der Waals surface area contributed by atoms with E-state index < -0.39 is 60.2 Å². The molecule has 0 spiro atoms. The van der Waals surface area contributed by atoms with Crippen LogP contribution in [0.15, 0.2) is 9.98 Å². The van der Waals surface area contributed by atoms with Crippen LogP contribution in [0.25, 0.3) is 0 Å². The van der Waals surface area contributed by atoms with E-state index in [9.17, 15) is 29.1 Å². The summed E-state index contributed by atoms with van der Waals surface area (Å²) in [5.74, 6) is -4.68. The molecule has 228 valence electrons. The monoisotopic (exact) mass is 572 g/mol. The summed E-state index contributed by atoms with van der Waals surface area (Å²) in [6, 6.07) is -4.89. The van der Waals surface area contributed by atoms with Crippen molar-refractivity contribution in [3.8, 4) is 0 Å². The molecule has 18 heteroatoms. The lowest BCUT2D eigenvalue weighted by Gasteiger charge is -2.25. The van der Waals surface area contributed by atoms with Crippen molar-refractivity contribution < 1.29 is 29.1 Å². The number of nitrogens with one attached hydrogen (secondary N) is 3. The van der Waals surface area contributed by atoms with Crippen LogP contribution < -0.4 is 56.1 Å². The van der Waals surface area contributed by atoms with Crippen molar-refractivity contribution in [2.24, 2.45) is 50.1 Å². The van der Waals surface area contributed by atoms with E-state index >= 15 is 0 Å². The lowest BCUT2D eigenvalue weighted by molar-refractivity contribution is -0.142. The number of carbonyl (C=O) groups excluding carboxylic acids is 4. The van der Waals surface area contributed by atoms with Gasteiger partial charge in [-0.1, -0.05) is 0 Å². The molecular formula is C22H44N12O6. The Morgan fingerprint density at radius 3 is 1.50 bits per heavy atom. The Morgan fingerprint density at radius 2 is 1.07 bits per heavy atom. The molecule has 0 heterocycles. The maximum Gasteiger partial charge on any atom is 0.326 e. The minimum absolute atomic E-state index is 0.0159. The minimum atomic E-state index is -1.29. The number of hydrogen-bond acceptors (Lipinski definition) is 9. The number of unbranched alkanes of at least 4 members (excludes halogenated alkanes) is 1. The van der Waals surface area contributed by atoms with Gasteiger partial charge in [0.1, 0.15) is 18.1 Å². The van der Waals surface area contributed by atoms with E-state index in [0.717, 1.165) is 0 Å². The number of aliphatic imine (C=N–C) groups is 2. The van der Waals surface area contributed by atoms with Gasteiger partial charge in [0, 0.05) is 13.1 Å². The number of carbonyl (C=O) groups is 5. The molecule has 0 aromatic heterocycles. The van der Waals surface area contributed by atoms with Crippen molar-refractivity contribution in [3.63, 3.8) is 0 Å². The first-order chi connectivity index (χ1) is 18.8. The lowest BCUT2D eigenvalue weighted by atomic mass is 10.0. The first kappa shape index (κ1) is 35.8. The van der Waals surface area contributed by atoms with Crippen LogP contribution in [0.1, 0.15) is 51.4 Å². The van der Waals surface area contributed by atoms with Crippen molar-refractivity contribution in [2.75, 3.05) is 19.6 Å². The van der Waals surface area contributed by atoms with Gasteiger partial charge in [-0.15, -0.1) is 0 Å². The van der Waals surface area contributed by atoms with E-state index in [0.29, 0.717) is 19.4 Å². The fourth-order valence-electron chi connectivity index (χ4n) is 3.43. The van der Waals surface area contributed by atoms with E-state index in [1.807, 2.05) is 0 Å². The predicted octanol–water partition coefficient (Wildman–Crippen LogP) is -5.04. The van der Waals surface area contributed by atoms with Crippen LogP contribution in [0.2, 0.25) is 0 Å². The lowest BCUT2D eigenvalue weighted by Crippen LogP contribution is -2.57. The first-order valence-electron chi connectivity index (χ1n) is 12.8. The number of primary amides is 1. The molecule has 0 saturated heterocycles. The molecule has 18 N–H and O–H groups in total. The van der Waals surface area contributed by atoms with Gasteiger partial charge in [0.05, 0.1) is 12.5 Å². The predicted molar refractivity (Wildman–Crippen MR) is 148 cm³/mol. The number of carboxylic acid groups (broad SMARTS) is 1. The van der Waals surface area contributed by atoms with Gasteiger partial charge < -0.3 is 61.2 Å². The third kappa shape index (κ3) is 16.6. The number of nitrogens with zero attached hydrogens (tertiary/aromatic N) is 2. The first-order valence-corrected chi connectivity index (χ1v) is 12.8. The maximum absolute atomic E-state index is 13.2. The summed E-state index contributed by atoms with van der Waals surface area (Å²) in [5, 5.41) is 17.0. The third-order valence-electron chi connectivity index (χ3n) is 5.48. The second-order valence-corrected chi connectivity index (χ2v) is 8.98. The van der Waals surface area contributed by atoms with Crippen LogP contribution in [-0.4, -0.2) is 90.4 Å². The Bertz CT molecular complexity index is 905. The van der Waals surface area contributed by atoms with Gasteiger partial charge in [-0.2, -0.15) is 0 Å². The van der Waals surface area contributed by atoms with Gasteiger partial charge in [0.25, 0.3) is 0 Å². The SMILES string of the molecule is NCCCCC(NC(=O)C(N)CC(N)=O)C(=O)NC(CCCN=C(N)N)C(=O)NC(CCCN=C(N)N)C(=O)O. The summed E-state index contributed by atoms with van der Waals surface area (Å²) < 4.78 is 0. The maximum atomic E-state index is 13.2. The summed E-state index contributed by atoms with van der Waals surface area (Å²) in [5.41, 5.74) is 37.5. The molecule has 18 nitrogen and oxygen atoms in total. The Balaban J connectivity index is 5.68. The van der Waals surface area contributed by atoms with Crippen molar-refractivity contribution >= 4 is 41.5 Å². The van der Waals surface area contributed by atoms with E-state index in [1.165, 1.54) is 0 Å². The van der Waals surface area contributed by atoms with Crippen molar-refractivity contribution in [1.29, 1.82) is 0 Å². The normalized spacial score (nSPS) is 13.6. The van der Waals surface area contributed by atoms with Crippen molar-refractivity contribution in [2.45, 2.75) is 75.5 Å². The van der Waals surface area contributed by atoms with Crippen LogP contribution >= 0.6 is 0 Å². The Kier molecular flexibility index (Phi) is 17.7. The van der Waals surface area contributed by atoms with E-state index in [4.69, 9.17) is 40.1 Å². The highest BCUT2D eigenvalue weighted by molar-refractivity contribution is 5.95. The Labute approximate surface area is 232 Å². The third-order valence-corrected chi connectivity index (χ3v) is 5.48. The van der Waals surface area contributed by atoms with Crippen LogP contribution in [0.5, 0.6) is 0 Å². The molecule has 0 bridgehead atoms. The molecule has 0 aromatic carbocycles. The number of rotatable bonds is 21. The quantitative estimate of drug-likeness (QED) is 0.0349. The number of hydrogen-bond donors (Lipinski definition) is 11. The van der Waals surface area contributed by atoms with E-state index in [1.54, 1.807) is 0 Å². The molecule has 4 atom stereocenters. The molecule has 0 saturated carbocycles. The fourth-order valence-corrected chi connectivity index (χ4v) is 3.43. The summed E-state index contributed by atoms with van der Waals surface area (Å²) >= 11 is 0. The van der Waals surface area contributed by atoms with Gasteiger partial charge in [-0.05, 0) is 51.5 Å². The second-order valence-electron chi connectivity index (χ2n) is 8.98. The molecule has 0 fully saturated rings. The highest BCUT2D eigenvalue weighted by Gasteiger charge is 2.30. The molecule has 4 unspecified atom stereocenters. The minimum Gasteiger partial charge on any atom is -0.480 e. The van der Waals surface area contributed by atoms with Gasteiger partial charge in [0.15, 0.2) is 11.9 Å². The molecule has 0 aliphatic carbocycles. The summed E-state index contributed by atoms with van der Waals surface area (Å²) in [7, 11) is 0. The van der Waals surface area contributed by atoms with Gasteiger partial charge in [-0.3, -0.25) is 29.2 Å². The molecule has 40 heavy (non-hydrogen) atoms. The molecule has 0 radical (unpaired) electrons. The van der Waals surface area contributed by atoms with Gasteiger partial charge in [0.2, 0.25) is 23.6 Å². The van der Waals surface area contributed by atoms with Crippen LogP contribution in [0.4, 0.5) is 0 Å². The van der Waals surface area contributed by atoms with Gasteiger partial charge >= 0.3 is 5.97 Å². The van der Waals surface area contributed by atoms with Crippen LogP contribution in [0.3, 0.4) is 0 Å². The molecule has 4 amide bonds. The average molecular weight is 573 g/mol. The van der Waals surface area contributed by atoms with E-state index in [-0.39, 0.29) is 57.1 Å². The standard InChI is InChI=1S/C22H44N12O6/c23-8-2-1-5-13(32-17(36)12(24)11-16(25)35)18(37)33-14(6-3-9-30-21(26)27)19(38)34-15(20(39)40)7-4-10-31-22(28)29/h12-15H,1-11,23-24H2,(H2,25,35)(H,32,36)(H,33,37)(H,34,38)(H,39,40)(H4,26,27,30)(H4,28,29,31). The number of aliphatic carboxylic acids is 1. The zero-order valence-corrected chi connectivity index (χ0v) is 22.5. The highest BCUT2D eigenvalue weighted by Crippen LogP contribution is 2.07. The molecule has 0 rings (SSSR count). The highest BCUT2D eigenvalue weighted by atomic mass is 16.4. The second kappa shape index (κ2) is 19.8. The molecule has 0 aliphatic heterocycles. The van der Waals surface area contributed by atoms with Crippen LogP contribution in [0, 0.1) is 0 Å². The number of nitrogens with two attached hydrogens (primary N) is 7. The fraction of sp³-hybridized carbons (Fsp3) is 0.682. The average Bonchev–Trinajstić information content (AvgIpc) is 2.85. The largest absolute Gasteiger partial charge is 0.480 e. The molecule has 0 aliphatic rings. The number of amides is 4. The summed E-state index contributed by atoms with van der Waals surface area (Å²) in [6.07, 6.45) is 1.31. The van der Waals surface area contributed by atoms with Gasteiger partial charge in [-0.25, -0.2) is 4.79 Å². The zero-order chi connectivity index (χ0) is 30.7. The summed E-state index contributed by atoms with van der Waals surface area (Å²) in [6.45, 7) is 0.642. The van der Waals surface area contributed by atoms with Crippen molar-refractivity contribution in [1.82, 2.24) is 16.0 Å². The van der Waals surface area contributed by atoms with Crippen LogP contribution in [-0.2, 0) is 24.0 Å². The number of guanidine groups is 2. The van der Waals surface area contributed by atoms with Crippen molar-refractivity contribution in [3.05, 3.63) is 0 Å². The van der Waals surface area contributed by atoms with E-state index in [2.05, 4.69) is 25.9 Å². The smallest absolute Gasteiger partial charge is 0.326 e. The topological polar surface area (TPSA) is 349 Å². The Hall–Kier alpha value is -4.19. The molecule has 0 aromatic rings. The summed E-state index contributed by atoms with van der Waals surface area (Å²) in [4.78, 5) is 69.2. The zero-order valence-electron chi connectivity index (χ0n) is 22.5. The number of carboxylic acids is 1. The Morgan fingerprint density at radius 1 is 0.650 bits per heavy atom.